The van der Waals surface area contributed by atoms with E-state index in [0.29, 0.717) is 18.7 Å². The summed E-state index contributed by atoms with van der Waals surface area (Å²) in [6.07, 6.45) is 0.698. The number of amides is 3. The third-order valence-electron chi connectivity index (χ3n) is 3.12. The summed E-state index contributed by atoms with van der Waals surface area (Å²) in [6.45, 7) is 2.27. The first-order chi connectivity index (χ1) is 9.56. The van der Waals surface area contributed by atoms with Crippen molar-refractivity contribution >= 4 is 23.5 Å². The highest BCUT2D eigenvalue weighted by Gasteiger charge is 2.40. The lowest BCUT2D eigenvalue weighted by molar-refractivity contribution is -0.129. The van der Waals surface area contributed by atoms with Crippen LogP contribution < -0.4 is 5.73 Å². The first-order valence-corrected chi connectivity index (χ1v) is 6.54. The Hall–Kier alpha value is -2.21. The van der Waals surface area contributed by atoms with E-state index in [1.807, 2.05) is 25.1 Å². The van der Waals surface area contributed by atoms with E-state index >= 15 is 0 Å². The van der Waals surface area contributed by atoms with Crippen LogP contribution in [0.5, 0.6) is 0 Å². The monoisotopic (exact) mass is 274 g/mol. The second kappa shape index (κ2) is 5.83. The fraction of sp³-hybridized carbons (Fsp3) is 0.357. The highest BCUT2D eigenvalue weighted by Crippen LogP contribution is 2.17. The van der Waals surface area contributed by atoms with E-state index in [2.05, 4.69) is 4.99 Å². The van der Waals surface area contributed by atoms with Crippen molar-refractivity contribution in [3.8, 4) is 0 Å². The summed E-state index contributed by atoms with van der Waals surface area (Å²) in [4.78, 5) is 31.2. The lowest BCUT2D eigenvalue weighted by Gasteiger charge is -2.35. The van der Waals surface area contributed by atoms with Crippen LogP contribution in [0, 0.1) is 0 Å². The Morgan fingerprint density at radius 2 is 1.90 bits per heavy atom. The van der Waals surface area contributed by atoms with Crippen molar-refractivity contribution in [2.45, 2.75) is 19.4 Å². The van der Waals surface area contributed by atoms with Gasteiger partial charge in [-0.1, -0.05) is 25.1 Å². The summed E-state index contributed by atoms with van der Waals surface area (Å²) < 4.78 is 0. The maximum Gasteiger partial charge on any atom is 0.331 e. The molecule has 1 aliphatic heterocycles. The zero-order valence-corrected chi connectivity index (χ0v) is 11.6. The largest absolute Gasteiger partial charge is 0.331 e. The summed E-state index contributed by atoms with van der Waals surface area (Å²) in [5.41, 5.74) is 6.59. The summed E-state index contributed by atoms with van der Waals surface area (Å²) >= 11 is 0. The van der Waals surface area contributed by atoms with Crippen LogP contribution >= 0.6 is 0 Å². The molecule has 1 heterocycles. The van der Waals surface area contributed by atoms with E-state index in [1.165, 1.54) is 9.80 Å². The van der Waals surface area contributed by atoms with Crippen LogP contribution in [0.25, 0.3) is 0 Å². The Bertz CT molecular complexity index is 517. The minimum absolute atomic E-state index is 0.276. The standard InChI is InChI=1S/C14H18N4O2/c1-3-9-18-13(19)11(15)12(17(2)14(18)20)16-10-7-5-4-6-8-10/h4-8,11H,3,9,15H2,1-2H3/b16-12-. The molecular formula is C14H18N4O2. The number of likely N-dealkylation sites (N-methyl/N-ethyl adjacent to an activating group) is 1. The molecule has 0 saturated carbocycles. The molecule has 6 nitrogen and oxygen atoms in total. The number of imide groups is 1. The van der Waals surface area contributed by atoms with Crippen molar-refractivity contribution in [1.82, 2.24) is 9.80 Å². The summed E-state index contributed by atoms with van der Waals surface area (Å²) in [5.74, 6) is -0.122. The number of rotatable bonds is 3. The lowest BCUT2D eigenvalue weighted by atomic mass is 10.1. The number of amidine groups is 1. The topological polar surface area (TPSA) is 79.0 Å². The van der Waals surface area contributed by atoms with Crippen molar-refractivity contribution in [3.63, 3.8) is 0 Å². The van der Waals surface area contributed by atoms with E-state index < -0.39 is 11.9 Å². The first-order valence-electron chi connectivity index (χ1n) is 6.54. The van der Waals surface area contributed by atoms with Gasteiger partial charge in [0.1, 0.15) is 11.9 Å². The van der Waals surface area contributed by atoms with E-state index in [9.17, 15) is 9.59 Å². The average molecular weight is 274 g/mol. The second-order valence-corrected chi connectivity index (χ2v) is 4.61. The molecule has 0 aliphatic carbocycles. The number of para-hydroxylation sites is 1. The van der Waals surface area contributed by atoms with Gasteiger partial charge in [0.15, 0.2) is 0 Å². The van der Waals surface area contributed by atoms with Crippen molar-refractivity contribution < 1.29 is 9.59 Å². The van der Waals surface area contributed by atoms with E-state index in [4.69, 9.17) is 5.73 Å². The zero-order valence-electron chi connectivity index (χ0n) is 11.6. The molecule has 0 bridgehead atoms. The normalized spacial score (nSPS) is 21.8. The molecule has 6 heteroatoms. The van der Waals surface area contributed by atoms with Crippen LogP contribution in [0.4, 0.5) is 10.5 Å². The summed E-state index contributed by atoms with van der Waals surface area (Å²) in [5, 5.41) is 0. The predicted molar refractivity (Wildman–Crippen MR) is 76.7 cm³/mol. The molecule has 1 saturated heterocycles. The van der Waals surface area contributed by atoms with Gasteiger partial charge in [0.25, 0.3) is 5.91 Å². The Kier molecular flexibility index (Phi) is 4.14. The summed E-state index contributed by atoms with van der Waals surface area (Å²) in [6, 6.07) is 7.83. The molecule has 106 valence electrons. The zero-order chi connectivity index (χ0) is 14.7. The van der Waals surface area contributed by atoms with Gasteiger partial charge < -0.3 is 5.73 Å². The number of benzene rings is 1. The molecule has 0 aromatic heterocycles. The smallest absolute Gasteiger partial charge is 0.314 e. The molecule has 2 rings (SSSR count). The number of nitrogens with zero attached hydrogens (tertiary/aromatic N) is 3. The number of carbonyl (C=O) groups is 2. The molecule has 0 spiro atoms. The Labute approximate surface area is 117 Å². The SMILES string of the molecule is CCCN1C(=O)C(N)/C(=N/c2ccccc2)N(C)C1=O. The molecule has 1 unspecified atom stereocenters. The van der Waals surface area contributed by atoms with Gasteiger partial charge in [-0.05, 0) is 18.6 Å². The average Bonchev–Trinajstić information content (AvgIpc) is 2.47. The van der Waals surface area contributed by atoms with Gasteiger partial charge in [-0.2, -0.15) is 0 Å². The molecule has 1 atom stereocenters. The fourth-order valence-corrected chi connectivity index (χ4v) is 2.07. The Morgan fingerprint density at radius 1 is 1.25 bits per heavy atom. The number of hydrogen-bond acceptors (Lipinski definition) is 4. The molecule has 3 amide bonds. The lowest BCUT2D eigenvalue weighted by Crippen LogP contribution is -2.63. The molecule has 1 aromatic rings. The first kappa shape index (κ1) is 14.2. The molecule has 20 heavy (non-hydrogen) atoms. The van der Waals surface area contributed by atoms with Gasteiger partial charge in [0.2, 0.25) is 0 Å². The van der Waals surface area contributed by atoms with E-state index in [-0.39, 0.29) is 11.9 Å². The molecule has 0 radical (unpaired) electrons. The van der Waals surface area contributed by atoms with Gasteiger partial charge in [0, 0.05) is 13.6 Å². The predicted octanol–water partition coefficient (Wildman–Crippen LogP) is 1.35. The molecule has 1 aromatic carbocycles. The van der Waals surface area contributed by atoms with Crippen LogP contribution in [0.15, 0.2) is 35.3 Å². The van der Waals surface area contributed by atoms with Gasteiger partial charge >= 0.3 is 6.03 Å². The number of hydrogen-bond donors (Lipinski definition) is 1. The maximum atomic E-state index is 12.2. The van der Waals surface area contributed by atoms with Gasteiger partial charge in [-0.15, -0.1) is 0 Å². The van der Waals surface area contributed by atoms with Gasteiger partial charge in [-0.25, -0.2) is 9.79 Å². The van der Waals surface area contributed by atoms with E-state index in [1.54, 1.807) is 19.2 Å². The summed E-state index contributed by atoms with van der Waals surface area (Å²) in [7, 11) is 1.58. The second-order valence-electron chi connectivity index (χ2n) is 4.61. The maximum absolute atomic E-state index is 12.2. The molecule has 1 fully saturated rings. The van der Waals surface area contributed by atoms with Crippen LogP contribution in [-0.4, -0.2) is 47.2 Å². The van der Waals surface area contributed by atoms with Crippen LogP contribution in [0.1, 0.15) is 13.3 Å². The fourth-order valence-electron chi connectivity index (χ4n) is 2.07. The highest BCUT2D eigenvalue weighted by molar-refractivity contribution is 6.20. The third-order valence-corrected chi connectivity index (χ3v) is 3.12. The highest BCUT2D eigenvalue weighted by atomic mass is 16.2. The van der Waals surface area contributed by atoms with Gasteiger partial charge in [-0.3, -0.25) is 14.6 Å². The van der Waals surface area contributed by atoms with Crippen LogP contribution in [0.2, 0.25) is 0 Å². The number of aliphatic imine (C=N–C) groups is 1. The minimum Gasteiger partial charge on any atom is -0.314 e. The minimum atomic E-state index is -0.913. The number of carbonyl (C=O) groups excluding carboxylic acids is 2. The van der Waals surface area contributed by atoms with Crippen molar-refractivity contribution in [1.29, 1.82) is 0 Å². The van der Waals surface area contributed by atoms with Gasteiger partial charge in [0.05, 0.1) is 5.69 Å². The van der Waals surface area contributed by atoms with Crippen LogP contribution in [0.3, 0.4) is 0 Å². The third kappa shape index (κ3) is 2.55. The molecule has 1 aliphatic rings. The Balaban J connectivity index is 2.34. The molecule has 2 N–H and O–H groups in total. The van der Waals surface area contributed by atoms with E-state index in [0.717, 1.165) is 0 Å². The molecular weight excluding hydrogens is 256 g/mol. The number of urea groups is 1. The van der Waals surface area contributed by atoms with Crippen molar-refractivity contribution in [2.75, 3.05) is 13.6 Å². The Morgan fingerprint density at radius 3 is 2.50 bits per heavy atom. The van der Waals surface area contributed by atoms with Crippen LogP contribution in [-0.2, 0) is 4.79 Å². The van der Waals surface area contributed by atoms with Crippen molar-refractivity contribution in [3.05, 3.63) is 30.3 Å². The quantitative estimate of drug-likeness (QED) is 0.903. The number of nitrogens with two attached hydrogens (primary N) is 1. The van der Waals surface area contributed by atoms with Crippen molar-refractivity contribution in [2.24, 2.45) is 10.7 Å².